The van der Waals surface area contributed by atoms with Gasteiger partial charge in [-0.1, -0.05) is 12.5 Å². The van der Waals surface area contributed by atoms with Gasteiger partial charge in [-0.05, 0) is 32.6 Å². The quantitative estimate of drug-likeness (QED) is 0.177. The molecule has 1 saturated carbocycles. The van der Waals surface area contributed by atoms with E-state index < -0.39 is 0 Å². The number of nitrogens with one attached hydrogen (secondary N) is 1. The monoisotopic (exact) mass is 491 g/mol. The van der Waals surface area contributed by atoms with Gasteiger partial charge in [-0.3, -0.25) is 14.7 Å². The Morgan fingerprint density at radius 3 is 2.56 bits per heavy atom. The van der Waals surface area contributed by atoms with E-state index in [9.17, 15) is 4.79 Å². The number of carbonyl (C=O) groups excluding carboxylic acids is 1. The van der Waals surface area contributed by atoms with Gasteiger partial charge in [0.1, 0.15) is 0 Å². The first-order valence-corrected chi connectivity index (χ1v) is 10.3. The molecule has 0 aromatic heterocycles. The van der Waals surface area contributed by atoms with Gasteiger partial charge < -0.3 is 15.1 Å². The Bertz CT molecular complexity index is 473. The molecule has 156 valence electrons. The second kappa shape index (κ2) is 13.4. The van der Waals surface area contributed by atoms with Crippen molar-refractivity contribution in [3.05, 3.63) is 12.7 Å². The van der Waals surface area contributed by atoms with E-state index in [1.54, 1.807) is 0 Å². The third-order valence-corrected chi connectivity index (χ3v) is 5.41. The van der Waals surface area contributed by atoms with Crippen LogP contribution in [0.4, 0.5) is 0 Å². The number of aliphatic imine (C=N–C) groups is 1. The molecule has 0 radical (unpaired) electrons. The van der Waals surface area contributed by atoms with Gasteiger partial charge in [-0.2, -0.15) is 0 Å². The summed E-state index contributed by atoms with van der Waals surface area (Å²) in [4.78, 5) is 23.8. The molecule has 0 atom stereocenters. The summed E-state index contributed by atoms with van der Waals surface area (Å²) in [5, 5.41) is 3.37. The van der Waals surface area contributed by atoms with E-state index in [0.29, 0.717) is 11.8 Å². The maximum Gasteiger partial charge on any atom is 0.225 e. The Hall–Kier alpha value is -0.830. The largest absolute Gasteiger partial charge is 0.357 e. The number of allylic oxidation sites excluding steroid dienone is 1. The third-order valence-electron chi connectivity index (χ3n) is 5.41. The molecule has 0 unspecified atom stereocenters. The van der Waals surface area contributed by atoms with Crippen molar-refractivity contribution in [2.24, 2.45) is 10.9 Å². The summed E-state index contributed by atoms with van der Waals surface area (Å²) in [5.41, 5.74) is 0. The van der Waals surface area contributed by atoms with E-state index in [0.717, 1.165) is 84.0 Å². The molecule has 7 heteroatoms. The van der Waals surface area contributed by atoms with Crippen LogP contribution >= 0.6 is 24.0 Å². The Kier molecular flexibility index (Phi) is 12.0. The summed E-state index contributed by atoms with van der Waals surface area (Å²) in [6.07, 6.45) is 7.52. The normalized spacial score (nSPS) is 18.4. The van der Waals surface area contributed by atoms with Crippen molar-refractivity contribution >= 4 is 35.8 Å². The molecule has 1 aliphatic carbocycles. The molecule has 2 fully saturated rings. The number of unbranched alkanes of at least 4 members (excludes halogenated alkanes) is 1. The van der Waals surface area contributed by atoms with Crippen LogP contribution in [0.15, 0.2) is 17.6 Å². The van der Waals surface area contributed by atoms with Crippen molar-refractivity contribution in [3.63, 3.8) is 0 Å². The lowest BCUT2D eigenvalue weighted by molar-refractivity contribution is -0.139. The van der Waals surface area contributed by atoms with Crippen molar-refractivity contribution in [2.45, 2.75) is 39.0 Å². The van der Waals surface area contributed by atoms with Crippen molar-refractivity contribution in [2.75, 3.05) is 59.4 Å². The average molecular weight is 491 g/mol. The Labute approximate surface area is 182 Å². The first-order chi connectivity index (χ1) is 12.7. The molecule has 0 aromatic carbocycles. The van der Waals surface area contributed by atoms with Crippen LogP contribution in [0.1, 0.15) is 39.0 Å². The van der Waals surface area contributed by atoms with Gasteiger partial charge in [0.2, 0.25) is 5.91 Å². The highest BCUT2D eigenvalue weighted by molar-refractivity contribution is 14.0. The predicted molar refractivity (Wildman–Crippen MR) is 124 cm³/mol. The minimum Gasteiger partial charge on any atom is -0.357 e. The van der Waals surface area contributed by atoms with E-state index in [1.807, 2.05) is 6.08 Å². The number of hydrogen-bond acceptors (Lipinski definition) is 3. The van der Waals surface area contributed by atoms with Gasteiger partial charge in [0, 0.05) is 58.8 Å². The zero-order chi connectivity index (χ0) is 18.8. The number of guanidine groups is 1. The topological polar surface area (TPSA) is 51.2 Å². The molecule has 27 heavy (non-hydrogen) atoms. The Morgan fingerprint density at radius 1 is 1.30 bits per heavy atom. The lowest BCUT2D eigenvalue weighted by atomic mass is 9.84. The highest BCUT2D eigenvalue weighted by Crippen LogP contribution is 2.28. The number of piperazine rings is 1. The summed E-state index contributed by atoms with van der Waals surface area (Å²) in [6.45, 7) is 13.2. The maximum atomic E-state index is 12.3. The zero-order valence-electron chi connectivity index (χ0n) is 17.2. The van der Waals surface area contributed by atoms with Crippen molar-refractivity contribution in [1.82, 2.24) is 20.0 Å². The summed E-state index contributed by atoms with van der Waals surface area (Å²) in [6, 6.07) is 0. The van der Waals surface area contributed by atoms with Gasteiger partial charge in [0.25, 0.3) is 0 Å². The fourth-order valence-corrected chi connectivity index (χ4v) is 3.45. The minimum atomic E-state index is 0. The molecule has 6 nitrogen and oxygen atoms in total. The fraction of sp³-hybridized carbons (Fsp3) is 0.800. The average Bonchev–Trinajstić information content (AvgIpc) is 2.60. The van der Waals surface area contributed by atoms with Crippen molar-refractivity contribution in [1.29, 1.82) is 0 Å². The Morgan fingerprint density at radius 2 is 2.00 bits per heavy atom. The molecule has 1 amide bonds. The van der Waals surface area contributed by atoms with Gasteiger partial charge in [0.15, 0.2) is 5.96 Å². The SMILES string of the molecule is C=CCCCN(C)C(=NCCN1CCN(C(=O)C2CCC2)CC1)NCC.I. The first kappa shape index (κ1) is 24.2. The minimum absolute atomic E-state index is 0. The Balaban J connectivity index is 0.00000364. The molecule has 0 bridgehead atoms. The van der Waals surface area contributed by atoms with Crippen LogP contribution in [0, 0.1) is 5.92 Å². The number of halogens is 1. The molecule has 2 aliphatic rings. The maximum absolute atomic E-state index is 12.3. The van der Waals surface area contributed by atoms with E-state index in [1.165, 1.54) is 6.42 Å². The zero-order valence-corrected chi connectivity index (χ0v) is 19.5. The molecule has 1 aliphatic heterocycles. The molecule has 0 spiro atoms. The second-order valence-electron chi connectivity index (χ2n) is 7.38. The standard InChI is InChI=1S/C20H37N5O.HI/c1-4-6-7-12-23(3)20(21-5-2)22-11-13-24-14-16-25(17-15-24)19(26)18-9-8-10-18;/h4,18H,1,5-17H2,2-3H3,(H,21,22);1H. The lowest BCUT2D eigenvalue weighted by Crippen LogP contribution is -2.51. The molecular formula is C20H38IN5O. The van der Waals surface area contributed by atoms with Crippen molar-refractivity contribution in [3.8, 4) is 0 Å². The third kappa shape index (κ3) is 7.97. The molecule has 1 N–H and O–H groups in total. The molecule has 1 saturated heterocycles. The number of amides is 1. The first-order valence-electron chi connectivity index (χ1n) is 10.3. The summed E-state index contributed by atoms with van der Waals surface area (Å²) in [7, 11) is 2.09. The number of carbonyl (C=O) groups is 1. The van der Waals surface area contributed by atoms with Crippen molar-refractivity contribution < 1.29 is 4.79 Å². The van der Waals surface area contributed by atoms with Gasteiger partial charge >= 0.3 is 0 Å². The summed E-state index contributed by atoms with van der Waals surface area (Å²) < 4.78 is 0. The van der Waals surface area contributed by atoms with Crippen LogP contribution in [0.25, 0.3) is 0 Å². The van der Waals surface area contributed by atoms with E-state index >= 15 is 0 Å². The van der Waals surface area contributed by atoms with Crippen LogP contribution < -0.4 is 5.32 Å². The lowest BCUT2D eigenvalue weighted by Gasteiger charge is -2.38. The highest BCUT2D eigenvalue weighted by atomic mass is 127. The number of nitrogens with zero attached hydrogens (tertiary/aromatic N) is 4. The van der Waals surface area contributed by atoms with E-state index in [-0.39, 0.29) is 24.0 Å². The van der Waals surface area contributed by atoms with Crippen LogP contribution in [0.5, 0.6) is 0 Å². The molecule has 1 heterocycles. The molecular weight excluding hydrogens is 453 g/mol. The van der Waals surface area contributed by atoms with E-state index in [4.69, 9.17) is 4.99 Å². The predicted octanol–water partition coefficient (Wildman–Crippen LogP) is 2.41. The summed E-state index contributed by atoms with van der Waals surface area (Å²) in [5.74, 6) is 1.70. The number of rotatable bonds is 9. The van der Waals surface area contributed by atoms with Crippen LogP contribution in [-0.2, 0) is 4.79 Å². The molecule has 2 rings (SSSR count). The molecule has 0 aromatic rings. The second-order valence-corrected chi connectivity index (χ2v) is 7.38. The summed E-state index contributed by atoms with van der Waals surface area (Å²) >= 11 is 0. The fourth-order valence-electron chi connectivity index (χ4n) is 3.45. The van der Waals surface area contributed by atoms with Gasteiger partial charge in [-0.25, -0.2) is 0 Å². The highest BCUT2D eigenvalue weighted by Gasteiger charge is 2.30. The van der Waals surface area contributed by atoms with Gasteiger partial charge in [0.05, 0.1) is 6.54 Å². The smallest absolute Gasteiger partial charge is 0.225 e. The van der Waals surface area contributed by atoms with Gasteiger partial charge in [-0.15, -0.1) is 30.6 Å². The van der Waals surface area contributed by atoms with Crippen LogP contribution in [0.2, 0.25) is 0 Å². The van der Waals surface area contributed by atoms with Crippen LogP contribution in [-0.4, -0.2) is 86.0 Å². The van der Waals surface area contributed by atoms with Crippen LogP contribution in [0.3, 0.4) is 0 Å². The number of hydrogen-bond donors (Lipinski definition) is 1. The van der Waals surface area contributed by atoms with E-state index in [2.05, 4.69) is 40.6 Å².